The highest BCUT2D eigenvalue weighted by atomic mass is 35.5. The molecular formula is C11H7ClO3. The maximum Gasteiger partial charge on any atom is 0.205 e. The van der Waals surface area contributed by atoms with Crippen molar-refractivity contribution < 1.29 is 14.7 Å². The van der Waals surface area contributed by atoms with Crippen LogP contribution in [0.5, 0.6) is 5.75 Å². The van der Waals surface area contributed by atoms with Gasteiger partial charge in [-0.15, -0.1) is 0 Å². The van der Waals surface area contributed by atoms with Gasteiger partial charge in [0.2, 0.25) is 5.78 Å². The van der Waals surface area contributed by atoms with Gasteiger partial charge < -0.3 is 5.11 Å². The summed E-state index contributed by atoms with van der Waals surface area (Å²) in [7, 11) is 0. The Morgan fingerprint density at radius 2 is 1.87 bits per heavy atom. The molecule has 0 amide bonds. The Balaban J connectivity index is 2.73. The molecule has 0 unspecified atom stereocenters. The van der Waals surface area contributed by atoms with Crippen LogP contribution < -0.4 is 0 Å². The molecule has 15 heavy (non-hydrogen) atoms. The van der Waals surface area contributed by atoms with Crippen molar-refractivity contribution in [2.45, 2.75) is 6.92 Å². The molecular weight excluding hydrogens is 216 g/mol. The lowest BCUT2D eigenvalue weighted by Gasteiger charge is -2.12. The Bertz CT molecular complexity index is 515. The predicted molar refractivity (Wildman–Crippen MR) is 55.4 cm³/mol. The smallest absolute Gasteiger partial charge is 0.205 e. The van der Waals surface area contributed by atoms with Crippen molar-refractivity contribution in [3.8, 4) is 5.75 Å². The number of phenols is 1. The Morgan fingerprint density at radius 1 is 1.20 bits per heavy atom. The van der Waals surface area contributed by atoms with Gasteiger partial charge in [0.25, 0.3) is 0 Å². The van der Waals surface area contributed by atoms with E-state index in [4.69, 9.17) is 11.6 Å². The van der Waals surface area contributed by atoms with Crippen LogP contribution in [0.4, 0.5) is 0 Å². The van der Waals surface area contributed by atoms with Crippen molar-refractivity contribution in [2.75, 3.05) is 0 Å². The zero-order valence-electron chi connectivity index (χ0n) is 7.87. The molecule has 0 aliphatic heterocycles. The van der Waals surface area contributed by atoms with E-state index in [2.05, 4.69) is 0 Å². The lowest BCUT2D eigenvalue weighted by Crippen LogP contribution is -2.14. The van der Waals surface area contributed by atoms with E-state index in [0.717, 1.165) is 6.08 Å². The lowest BCUT2D eigenvalue weighted by atomic mass is 9.92. The fraction of sp³-hybridized carbons (Fsp3) is 0.0909. The van der Waals surface area contributed by atoms with Crippen molar-refractivity contribution in [3.05, 3.63) is 39.9 Å². The number of carbonyl (C=O) groups is 2. The monoisotopic (exact) mass is 222 g/mol. The van der Waals surface area contributed by atoms with Crippen molar-refractivity contribution in [1.29, 1.82) is 0 Å². The van der Waals surface area contributed by atoms with Crippen LogP contribution in [0.2, 0.25) is 0 Å². The zero-order valence-corrected chi connectivity index (χ0v) is 8.63. The van der Waals surface area contributed by atoms with E-state index in [1.807, 2.05) is 0 Å². The first kappa shape index (κ1) is 9.93. The molecule has 0 spiro atoms. The minimum Gasteiger partial charge on any atom is -0.508 e. The van der Waals surface area contributed by atoms with Crippen LogP contribution >= 0.6 is 11.6 Å². The molecule has 1 N–H and O–H groups in total. The molecule has 0 heterocycles. The number of rotatable bonds is 0. The Hall–Kier alpha value is -1.61. The second-order valence-electron chi connectivity index (χ2n) is 3.37. The molecule has 3 nitrogen and oxygen atoms in total. The molecule has 0 bridgehead atoms. The van der Waals surface area contributed by atoms with Crippen LogP contribution in [-0.2, 0) is 0 Å². The van der Waals surface area contributed by atoms with Gasteiger partial charge in [-0.25, -0.2) is 0 Å². The number of halogens is 1. The third kappa shape index (κ3) is 1.45. The van der Waals surface area contributed by atoms with Crippen LogP contribution in [-0.4, -0.2) is 16.7 Å². The number of ketones is 2. The molecule has 1 aromatic carbocycles. The molecule has 0 radical (unpaired) electrons. The number of phenolic OH excluding ortho intramolecular Hbond substituents is 1. The number of hydrogen-bond donors (Lipinski definition) is 1. The van der Waals surface area contributed by atoms with Crippen LogP contribution in [0.15, 0.2) is 23.2 Å². The van der Waals surface area contributed by atoms with Crippen LogP contribution in [0.1, 0.15) is 26.3 Å². The van der Waals surface area contributed by atoms with E-state index >= 15 is 0 Å². The minimum atomic E-state index is -0.429. The van der Waals surface area contributed by atoms with E-state index in [-0.39, 0.29) is 22.1 Å². The fourth-order valence-corrected chi connectivity index (χ4v) is 1.68. The molecule has 0 saturated carbocycles. The second kappa shape index (κ2) is 3.21. The standard InChI is InChI=1S/C11H7ClO3/c1-5-2-6-7(3-9(5)13)11(15)8(12)4-10(6)14/h2-4,13H,1H3. The van der Waals surface area contributed by atoms with E-state index in [0.29, 0.717) is 11.1 Å². The van der Waals surface area contributed by atoms with Gasteiger partial charge in [-0.05, 0) is 24.6 Å². The molecule has 1 aliphatic rings. The van der Waals surface area contributed by atoms with Gasteiger partial charge in [-0.1, -0.05) is 11.6 Å². The average molecular weight is 223 g/mol. The molecule has 1 aliphatic carbocycles. The Kier molecular flexibility index (Phi) is 2.12. The fourth-order valence-electron chi connectivity index (χ4n) is 1.48. The van der Waals surface area contributed by atoms with Crippen LogP contribution in [0.25, 0.3) is 0 Å². The van der Waals surface area contributed by atoms with E-state index in [1.165, 1.54) is 12.1 Å². The number of allylic oxidation sites excluding steroid dienone is 2. The first-order chi connectivity index (χ1) is 7.00. The Labute approximate surface area is 91.0 Å². The summed E-state index contributed by atoms with van der Waals surface area (Å²) < 4.78 is 0. The van der Waals surface area contributed by atoms with Gasteiger partial charge >= 0.3 is 0 Å². The molecule has 76 valence electrons. The molecule has 0 saturated heterocycles. The van der Waals surface area contributed by atoms with Gasteiger partial charge in [-0.3, -0.25) is 9.59 Å². The van der Waals surface area contributed by atoms with Crippen molar-refractivity contribution in [3.63, 3.8) is 0 Å². The van der Waals surface area contributed by atoms with Crippen molar-refractivity contribution in [2.24, 2.45) is 0 Å². The molecule has 1 aromatic rings. The first-order valence-corrected chi connectivity index (χ1v) is 4.68. The third-order valence-corrected chi connectivity index (χ3v) is 2.60. The quantitative estimate of drug-likeness (QED) is 0.732. The summed E-state index contributed by atoms with van der Waals surface area (Å²) in [6.45, 7) is 1.66. The third-order valence-electron chi connectivity index (χ3n) is 2.32. The molecule has 2 rings (SSSR count). The van der Waals surface area contributed by atoms with Gasteiger partial charge in [0.05, 0.1) is 5.03 Å². The SMILES string of the molecule is Cc1cc2c(cc1O)C(=O)C(Cl)=CC2=O. The predicted octanol–water partition coefficient (Wildman–Crippen LogP) is 2.20. The number of carbonyl (C=O) groups excluding carboxylic acids is 2. The van der Waals surface area contributed by atoms with Gasteiger partial charge in [0, 0.05) is 17.2 Å². The highest BCUT2D eigenvalue weighted by molar-refractivity contribution is 6.49. The zero-order chi connectivity index (χ0) is 11.2. The highest BCUT2D eigenvalue weighted by Gasteiger charge is 2.25. The topological polar surface area (TPSA) is 54.4 Å². The maximum atomic E-state index is 11.6. The Morgan fingerprint density at radius 3 is 2.53 bits per heavy atom. The number of aromatic hydroxyl groups is 1. The number of fused-ring (bicyclic) bond motifs is 1. The number of Topliss-reactive ketones (excluding diaryl/α,β-unsaturated/α-hetero) is 1. The van der Waals surface area contributed by atoms with Gasteiger partial charge in [0.15, 0.2) is 5.78 Å². The normalized spacial score (nSPS) is 14.9. The summed E-state index contributed by atoms with van der Waals surface area (Å²) >= 11 is 5.59. The van der Waals surface area contributed by atoms with Crippen LogP contribution in [0.3, 0.4) is 0 Å². The maximum absolute atomic E-state index is 11.6. The summed E-state index contributed by atoms with van der Waals surface area (Å²) in [5, 5.41) is 9.32. The minimum absolute atomic E-state index is 0.0127. The second-order valence-corrected chi connectivity index (χ2v) is 3.78. The van der Waals surface area contributed by atoms with Crippen molar-refractivity contribution in [1.82, 2.24) is 0 Å². The number of aryl methyl sites for hydroxylation is 1. The van der Waals surface area contributed by atoms with E-state index in [1.54, 1.807) is 6.92 Å². The largest absolute Gasteiger partial charge is 0.508 e. The first-order valence-electron chi connectivity index (χ1n) is 4.30. The summed E-state index contributed by atoms with van der Waals surface area (Å²) in [6, 6.07) is 2.77. The number of benzene rings is 1. The van der Waals surface area contributed by atoms with Gasteiger partial charge in [0.1, 0.15) is 5.75 Å². The molecule has 0 atom stereocenters. The van der Waals surface area contributed by atoms with E-state index < -0.39 is 5.78 Å². The average Bonchev–Trinajstić information content (AvgIpc) is 2.18. The summed E-state index contributed by atoms with van der Waals surface area (Å²) in [4.78, 5) is 23.1. The summed E-state index contributed by atoms with van der Waals surface area (Å²) in [6.07, 6.45) is 1.10. The van der Waals surface area contributed by atoms with Gasteiger partial charge in [-0.2, -0.15) is 0 Å². The highest BCUT2D eigenvalue weighted by Crippen LogP contribution is 2.28. The summed E-state index contributed by atoms with van der Waals surface area (Å²) in [5.41, 5.74) is 1.01. The molecule has 0 aromatic heterocycles. The summed E-state index contributed by atoms with van der Waals surface area (Å²) in [5.74, 6) is -0.750. The van der Waals surface area contributed by atoms with Crippen LogP contribution in [0, 0.1) is 6.92 Å². The van der Waals surface area contributed by atoms with Crippen molar-refractivity contribution >= 4 is 23.2 Å². The van der Waals surface area contributed by atoms with E-state index in [9.17, 15) is 14.7 Å². The lowest BCUT2D eigenvalue weighted by molar-refractivity contribution is 0.0990. The number of hydrogen-bond acceptors (Lipinski definition) is 3. The molecule has 0 fully saturated rings. The molecule has 4 heteroatoms.